The van der Waals surface area contributed by atoms with Crippen molar-refractivity contribution in [2.24, 2.45) is 0 Å². The van der Waals surface area contributed by atoms with E-state index in [4.69, 9.17) is 0 Å². The van der Waals surface area contributed by atoms with Crippen LogP contribution in [0.4, 0.5) is 0 Å². The van der Waals surface area contributed by atoms with Gasteiger partial charge < -0.3 is 5.32 Å². The van der Waals surface area contributed by atoms with Crippen LogP contribution in [0.15, 0.2) is 67.0 Å². The van der Waals surface area contributed by atoms with Crippen LogP contribution in [0.5, 0.6) is 0 Å². The molecule has 0 radical (unpaired) electrons. The van der Waals surface area contributed by atoms with Gasteiger partial charge in [0, 0.05) is 17.8 Å². The van der Waals surface area contributed by atoms with Crippen molar-refractivity contribution in [1.29, 1.82) is 0 Å². The molecule has 4 rings (SSSR count). The van der Waals surface area contributed by atoms with Gasteiger partial charge in [-0.1, -0.05) is 36.4 Å². The highest BCUT2D eigenvalue weighted by Gasteiger charge is 2.16. The normalized spacial score (nSPS) is 12.2. The third kappa shape index (κ3) is 3.09. The van der Waals surface area contributed by atoms with Crippen LogP contribution in [0.25, 0.3) is 16.6 Å². The van der Waals surface area contributed by atoms with Gasteiger partial charge in [-0.25, -0.2) is 4.68 Å². The van der Waals surface area contributed by atoms with Gasteiger partial charge in [0.2, 0.25) is 5.91 Å². The average Bonchev–Trinajstić information content (AvgIpc) is 3.32. The summed E-state index contributed by atoms with van der Waals surface area (Å²) < 4.78 is 1.81. The number of carbonyl (C=O) groups is 1. The number of fused-ring (bicyclic) bond motifs is 1. The fraction of sp³-hybridized carbons (Fsp3) is 0.150. The second kappa shape index (κ2) is 6.84. The smallest absolute Gasteiger partial charge is 0.226 e. The van der Waals surface area contributed by atoms with E-state index in [1.54, 1.807) is 10.9 Å². The number of para-hydroxylation sites is 2. The summed E-state index contributed by atoms with van der Waals surface area (Å²) >= 11 is 0. The molecule has 0 bridgehead atoms. The molecule has 2 aromatic carbocycles. The van der Waals surface area contributed by atoms with E-state index in [0.717, 1.165) is 27.8 Å². The molecule has 0 aliphatic carbocycles. The van der Waals surface area contributed by atoms with E-state index in [9.17, 15) is 4.79 Å². The van der Waals surface area contributed by atoms with Crippen molar-refractivity contribution in [3.63, 3.8) is 0 Å². The molecule has 130 valence electrons. The summed E-state index contributed by atoms with van der Waals surface area (Å²) in [5.41, 5.74) is 3.66. The van der Waals surface area contributed by atoms with Gasteiger partial charge in [0.1, 0.15) is 0 Å². The average molecular weight is 345 g/mol. The number of benzene rings is 2. The quantitative estimate of drug-likeness (QED) is 0.583. The van der Waals surface area contributed by atoms with Gasteiger partial charge >= 0.3 is 0 Å². The van der Waals surface area contributed by atoms with E-state index < -0.39 is 0 Å². The lowest BCUT2D eigenvalue weighted by Crippen LogP contribution is -2.29. The molecule has 1 atom stereocenters. The van der Waals surface area contributed by atoms with E-state index in [2.05, 4.69) is 20.6 Å². The van der Waals surface area contributed by atoms with Crippen LogP contribution in [0.1, 0.15) is 24.2 Å². The van der Waals surface area contributed by atoms with Crippen LogP contribution in [0.3, 0.4) is 0 Å². The Kier molecular flexibility index (Phi) is 4.23. The Bertz CT molecular complexity index is 1040. The van der Waals surface area contributed by atoms with Gasteiger partial charge in [0.25, 0.3) is 0 Å². The number of aromatic amines is 1. The monoisotopic (exact) mass is 345 g/mol. The molecule has 0 saturated carbocycles. The Morgan fingerprint density at radius 2 is 1.96 bits per heavy atom. The van der Waals surface area contributed by atoms with Gasteiger partial charge in [-0.15, -0.1) is 0 Å². The highest BCUT2D eigenvalue weighted by Crippen LogP contribution is 2.21. The van der Waals surface area contributed by atoms with Crippen LogP contribution < -0.4 is 5.32 Å². The molecule has 0 fully saturated rings. The minimum atomic E-state index is -0.142. The molecule has 0 aliphatic rings. The summed E-state index contributed by atoms with van der Waals surface area (Å²) in [7, 11) is 0. The van der Waals surface area contributed by atoms with Crippen molar-refractivity contribution >= 4 is 16.8 Å². The molecule has 0 spiro atoms. The Balaban J connectivity index is 1.52. The fourth-order valence-electron chi connectivity index (χ4n) is 3.15. The lowest BCUT2D eigenvalue weighted by atomic mass is 10.1. The highest BCUT2D eigenvalue weighted by atomic mass is 16.1. The number of aromatic nitrogens is 4. The molecule has 2 heterocycles. The molecule has 1 amide bonds. The molecule has 4 aromatic rings. The Hall–Kier alpha value is -3.41. The molecule has 2 aromatic heterocycles. The van der Waals surface area contributed by atoms with E-state index in [0.29, 0.717) is 0 Å². The lowest BCUT2D eigenvalue weighted by molar-refractivity contribution is -0.121. The van der Waals surface area contributed by atoms with Crippen LogP contribution in [0.2, 0.25) is 0 Å². The molecule has 1 unspecified atom stereocenters. The standard InChI is InChI=1S/C20H19N5O/c1-14(15-7-3-5-10-19(15)25-12-6-11-21-25)22-20(26)13-18-16-8-2-4-9-17(16)23-24-18/h2-12,14H,13H2,1H3,(H,22,26)(H,23,24). The molecular formula is C20H19N5O. The number of rotatable bonds is 5. The second-order valence-corrected chi connectivity index (χ2v) is 6.19. The summed E-state index contributed by atoms with van der Waals surface area (Å²) in [6.45, 7) is 1.98. The number of amides is 1. The molecule has 6 nitrogen and oxygen atoms in total. The summed E-state index contributed by atoms with van der Waals surface area (Å²) in [4.78, 5) is 12.6. The topological polar surface area (TPSA) is 75.6 Å². The Morgan fingerprint density at radius 3 is 2.81 bits per heavy atom. The first-order chi connectivity index (χ1) is 12.7. The van der Waals surface area contributed by atoms with E-state index in [1.807, 2.05) is 67.7 Å². The zero-order valence-corrected chi connectivity index (χ0v) is 14.4. The number of nitrogens with one attached hydrogen (secondary N) is 2. The zero-order chi connectivity index (χ0) is 17.9. The molecule has 2 N–H and O–H groups in total. The van der Waals surface area contributed by atoms with Crippen LogP contribution in [0, 0.1) is 0 Å². The van der Waals surface area contributed by atoms with Crippen molar-refractivity contribution in [2.45, 2.75) is 19.4 Å². The predicted molar refractivity (Wildman–Crippen MR) is 99.9 cm³/mol. The molecule has 0 aliphatic heterocycles. The third-order valence-electron chi connectivity index (χ3n) is 4.41. The predicted octanol–water partition coefficient (Wildman–Crippen LogP) is 3.17. The van der Waals surface area contributed by atoms with Gasteiger partial charge in [-0.3, -0.25) is 9.89 Å². The molecule has 26 heavy (non-hydrogen) atoms. The zero-order valence-electron chi connectivity index (χ0n) is 14.4. The number of H-pyrrole nitrogens is 1. The fourth-order valence-corrected chi connectivity index (χ4v) is 3.15. The summed E-state index contributed by atoms with van der Waals surface area (Å²) in [5, 5.41) is 15.6. The summed E-state index contributed by atoms with van der Waals surface area (Å²) in [6, 6.07) is 17.4. The maximum atomic E-state index is 12.6. The van der Waals surface area contributed by atoms with Crippen LogP contribution in [-0.2, 0) is 11.2 Å². The van der Waals surface area contributed by atoms with Gasteiger partial charge in [-0.2, -0.15) is 10.2 Å². The van der Waals surface area contributed by atoms with Crippen molar-refractivity contribution in [3.8, 4) is 5.69 Å². The van der Waals surface area contributed by atoms with Crippen molar-refractivity contribution in [2.75, 3.05) is 0 Å². The first-order valence-corrected chi connectivity index (χ1v) is 8.52. The lowest BCUT2D eigenvalue weighted by Gasteiger charge is -2.18. The van der Waals surface area contributed by atoms with E-state index in [1.165, 1.54) is 0 Å². The summed E-state index contributed by atoms with van der Waals surface area (Å²) in [5.74, 6) is -0.0535. The van der Waals surface area contributed by atoms with Crippen LogP contribution in [-0.4, -0.2) is 25.9 Å². The number of nitrogens with zero attached hydrogens (tertiary/aromatic N) is 3. The van der Waals surface area contributed by atoms with E-state index >= 15 is 0 Å². The van der Waals surface area contributed by atoms with Crippen molar-refractivity contribution in [3.05, 3.63) is 78.2 Å². The van der Waals surface area contributed by atoms with Gasteiger partial charge in [0.15, 0.2) is 0 Å². The molecule has 6 heteroatoms. The first kappa shape index (κ1) is 16.1. The Morgan fingerprint density at radius 1 is 1.15 bits per heavy atom. The maximum Gasteiger partial charge on any atom is 0.226 e. The summed E-state index contributed by atoms with van der Waals surface area (Å²) in [6.07, 6.45) is 3.89. The largest absolute Gasteiger partial charge is 0.349 e. The molecular weight excluding hydrogens is 326 g/mol. The number of hydrogen-bond donors (Lipinski definition) is 2. The number of hydrogen-bond acceptors (Lipinski definition) is 3. The van der Waals surface area contributed by atoms with Crippen molar-refractivity contribution < 1.29 is 4.79 Å². The first-order valence-electron chi connectivity index (χ1n) is 8.52. The van der Waals surface area contributed by atoms with Crippen molar-refractivity contribution in [1.82, 2.24) is 25.3 Å². The maximum absolute atomic E-state index is 12.6. The Labute approximate surface area is 150 Å². The van der Waals surface area contributed by atoms with Gasteiger partial charge in [-0.05, 0) is 30.7 Å². The molecule has 0 saturated heterocycles. The number of carbonyl (C=O) groups excluding carboxylic acids is 1. The van der Waals surface area contributed by atoms with Crippen LogP contribution >= 0.6 is 0 Å². The second-order valence-electron chi connectivity index (χ2n) is 6.19. The van der Waals surface area contributed by atoms with E-state index in [-0.39, 0.29) is 18.4 Å². The SMILES string of the molecule is CC(NC(=O)Cc1[nH]nc2ccccc12)c1ccccc1-n1cccn1. The van der Waals surface area contributed by atoms with Gasteiger partial charge in [0.05, 0.1) is 29.4 Å². The highest BCUT2D eigenvalue weighted by molar-refractivity contribution is 5.87. The third-order valence-corrected chi connectivity index (χ3v) is 4.41. The minimum absolute atomic E-state index is 0.0535. The minimum Gasteiger partial charge on any atom is -0.349 e.